The summed E-state index contributed by atoms with van der Waals surface area (Å²) in [6, 6.07) is 18.7. The van der Waals surface area contributed by atoms with Crippen molar-refractivity contribution >= 4 is 17.5 Å². The number of carbonyl (C=O) groups excluding carboxylic acids is 1. The van der Waals surface area contributed by atoms with Crippen molar-refractivity contribution in [3.8, 4) is 5.75 Å². The van der Waals surface area contributed by atoms with Crippen LogP contribution in [0.5, 0.6) is 5.75 Å². The number of carbonyl (C=O) groups is 1. The Morgan fingerprint density at radius 3 is 2.62 bits per heavy atom. The Kier molecular flexibility index (Phi) is 5.92. The first kappa shape index (κ1) is 18.0. The summed E-state index contributed by atoms with van der Waals surface area (Å²) in [5.74, 6) is 0.354. The zero-order chi connectivity index (χ0) is 18.4. The Labute approximate surface area is 157 Å². The van der Waals surface area contributed by atoms with E-state index in [0.29, 0.717) is 16.5 Å². The molecule has 3 aromatic rings. The average molecular weight is 370 g/mol. The minimum atomic E-state index is -0.194. The molecule has 0 saturated heterocycles. The monoisotopic (exact) mass is 369 g/mol. The van der Waals surface area contributed by atoms with Crippen LogP contribution in [0.4, 0.5) is 0 Å². The van der Waals surface area contributed by atoms with E-state index in [1.54, 1.807) is 24.4 Å². The second-order valence-electron chi connectivity index (χ2n) is 5.76. The molecule has 134 valence electrons. The van der Waals surface area contributed by atoms with Crippen LogP contribution in [-0.2, 0) is 6.73 Å². The van der Waals surface area contributed by atoms with E-state index in [-0.39, 0.29) is 18.7 Å². The molecule has 0 bridgehead atoms. The number of halogens is 1. The first-order chi connectivity index (χ1) is 12.7. The minimum Gasteiger partial charge on any atom is -0.470 e. The van der Waals surface area contributed by atoms with Gasteiger partial charge in [0.1, 0.15) is 11.4 Å². The predicted octanol–water partition coefficient (Wildman–Crippen LogP) is 4.45. The van der Waals surface area contributed by atoms with E-state index in [1.807, 2.05) is 49.4 Å². The van der Waals surface area contributed by atoms with E-state index < -0.39 is 0 Å². The van der Waals surface area contributed by atoms with Crippen LogP contribution in [0.3, 0.4) is 0 Å². The lowest BCUT2D eigenvalue weighted by Crippen LogP contribution is -2.30. The van der Waals surface area contributed by atoms with Gasteiger partial charge in [0.25, 0.3) is 5.91 Å². The van der Waals surface area contributed by atoms with E-state index in [2.05, 4.69) is 10.4 Å². The number of hydrogen-bond acceptors (Lipinski definition) is 3. The third-order valence-electron chi connectivity index (χ3n) is 4.04. The highest BCUT2D eigenvalue weighted by molar-refractivity contribution is 6.32. The lowest BCUT2D eigenvalue weighted by Gasteiger charge is -2.18. The fraction of sp³-hybridized carbons (Fsp3) is 0.200. The highest BCUT2D eigenvalue weighted by Crippen LogP contribution is 2.23. The molecule has 0 spiro atoms. The van der Waals surface area contributed by atoms with Gasteiger partial charge in [-0.3, -0.25) is 4.79 Å². The summed E-state index contributed by atoms with van der Waals surface area (Å²) in [5, 5.41) is 7.74. The van der Waals surface area contributed by atoms with Crippen LogP contribution in [0.1, 0.15) is 35.4 Å². The summed E-state index contributed by atoms with van der Waals surface area (Å²) in [5.41, 5.74) is 1.51. The second-order valence-corrected chi connectivity index (χ2v) is 6.17. The number of nitrogens with one attached hydrogen (secondary N) is 1. The zero-order valence-corrected chi connectivity index (χ0v) is 15.2. The molecule has 2 aromatic carbocycles. The molecule has 1 unspecified atom stereocenters. The number of hydrogen-bond donors (Lipinski definition) is 1. The molecule has 3 rings (SSSR count). The quantitative estimate of drug-likeness (QED) is 0.669. The molecule has 1 atom stereocenters. The zero-order valence-electron chi connectivity index (χ0n) is 14.4. The summed E-state index contributed by atoms with van der Waals surface area (Å²) in [6.07, 6.45) is 2.37. The van der Waals surface area contributed by atoms with Crippen molar-refractivity contribution in [2.45, 2.75) is 26.1 Å². The molecule has 1 aromatic heterocycles. The standard InChI is InChI=1S/C20H20ClN3O2/c1-2-17(15-8-4-3-5-9-15)23-20(25)18-12-13-22-24(18)14-26-19-11-7-6-10-16(19)21/h3-13,17H,2,14H2,1H3,(H,23,25). The molecule has 0 fully saturated rings. The van der Waals surface area contributed by atoms with E-state index in [4.69, 9.17) is 16.3 Å². The fourth-order valence-corrected chi connectivity index (χ4v) is 2.85. The maximum atomic E-state index is 12.7. The molecule has 1 amide bonds. The van der Waals surface area contributed by atoms with Gasteiger partial charge in [-0.05, 0) is 30.2 Å². The molecular formula is C20H20ClN3O2. The van der Waals surface area contributed by atoms with Crippen molar-refractivity contribution in [1.29, 1.82) is 0 Å². The summed E-state index contributed by atoms with van der Waals surface area (Å²) in [6.45, 7) is 2.14. The molecule has 6 heteroatoms. The van der Waals surface area contributed by atoms with Gasteiger partial charge in [0.05, 0.1) is 11.1 Å². The number of nitrogens with zero attached hydrogens (tertiary/aromatic N) is 2. The Hall–Kier alpha value is -2.79. The largest absolute Gasteiger partial charge is 0.470 e. The van der Waals surface area contributed by atoms with E-state index in [0.717, 1.165) is 12.0 Å². The maximum Gasteiger partial charge on any atom is 0.270 e. The first-order valence-corrected chi connectivity index (χ1v) is 8.81. The summed E-state index contributed by atoms with van der Waals surface area (Å²) >= 11 is 6.09. The number of amides is 1. The van der Waals surface area contributed by atoms with Crippen molar-refractivity contribution in [2.24, 2.45) is 0 Å². The number of rotatable bonds is 7. The summed E-state index contributed by atoms with van der Waals surface area (Å²) in [7, 11) is 0. The highest BCUT2D eigenvalue weighted by Gasteiger charge is 2.17. The SMILES string of the molecule is CCC(NC(=O)c1ccnn1COc1ccccc1Cl)c1ccccc1. The molecule has 0 aliphatic carbocycles. The van der Waals surface area contributed by atoms with Crippen LogP contribution in [-0.4, -0.2) is 15.7 Å². The first-order valence-electron chi connectivity index (χ1n) is 8.44. The van der Waals surface area contributed by atoms with Crippen molar-refractivity contribution in [2.75, 3.05) is 0 Å². The third-order valence-corrected chi connectivity index (χ3v) is 4.36. The average Bonchev–Trinajstić information content (AvgIpc) is 3.15. The molecule has 0 aliphatic rings. The van der Waals surface area contributed by atoms with Gasteiger partial charge in [0, 0.05) is 6.20 Å². The van der Waals surface area contributed by atoms with Gasteiger partial charge in [-0.15, -0.1) is 0 Å². The van der Waals surface area contributed by atoms with E-state index in [1.165, 1.54) is 4.68 Å². The number of aromatic nitrogens is 2. The van der Waals surface area contributed by atoms with Gasteiger partial charge in [0.2, 0.25) is 0 Å². The van der Waals surface area contributed by atoms with Crippen LogP contribution in [0.25, 0.3) is 0 Å². The second kappa shape index (κ2) is 8.54. The lowest BCUT2D eigenvalue weighted by atomic mass is 10.0. The topological polar surface area (TPSA) is 56.2 Å². The summed E-state index contributed by atoms with van der Waals surface area (Å²) < 4.78 is 7.19. The van der Waals surface area contributed by atoms with Crippen LogP contribution < -0.4 is 10.1 Å². The third kappa shape index (κ3) is 4.24. The van der Waals surface area contributed by atoms with Crippen LogP contribution in [0, 0.1) is 0 Å². The van der Waals surface area contributed by atoms with Crippen molar-refractivity contribution in [3.63, 3.8) is 0 Å². The molecule has 26 heavy (non-hydrogen) atoms. The van der Waals surface area contributed by atoms with Crippen LogP contribution in [0.15, 0.2) is 66.9 Å². The van der Waals surface area contributed by atoms with Gasteiger partial charge in [0.15, 0.2) is 6.73 Å². The molecule has 0 saturated carbocycles. The summed E-state index contributed by atoms with van der Waals surface area (Å²) in [4.78, 5) is 12.7. The fourth-order valence-electron chi connectivity index (χ4n) is 2.66. The maximum absolute atomic E-state index is 12.7. The smallest absolute Gasteiger partial charge is 0.270 e. The number of benzene rings is 2. The van der Waals surface area contributed by atoms with Crippen molar-refractivity contribution in [1.82, 2.24) is 15.1 Å². The minimum absolute atomic E-state index is 0.0588. The Bertz CT molecular complexity index is 864. The molecule has 0 radical (unpaired) electrons. The van der Waals surface area contributed by atoms with Crippen LogP contribution in [0.2, 0.25) is 5.02 Å². The Morgan fingerprint density at radius 2 is 1.88 bits per heavy atom. The molecule has 0 aliphatic heterocycles. The predicted molar refractivity (Wildman–Crippen MR) is 101 cm³/mol. The Balaban J connectivity index is 1.69. The molecular weight excluding hydrogens is 350 g/mol. The molecule has 1 N–H and O–H groups in total. The van der Waals surface area contributed by atoms with Gasteiger partial charge >= 0.3 is 0 Å². The molecule has 1 heterocycles. The van der Waals surface area contributed by atoms with Gasteiger partial charge in [-0.25, -0.2) is 4.68 Å². The molecule has 5 nitrogen and oxygen atoms in total. The van der Waals surface area contributed by atoms with Gasteiger partial charge < -0.3 is 10.1 Å². The van der Waals surface area contributed by atoms with Crippen molar-refractivity contribution < 1.29 is 9.53 Å². The normalized spacial score (nSPS) is 11.8. The van der Waals surface area contributed by atoms with E-state index in [9.17, 15) is 4.79 Å². The van der Waals surface area contributed by atoms with Crippen molar-refractivity contribution in [3.05, 3.63) is 83.1 Å². The van der Waals surface area contributed by atoms with Crippen LogP contribution >= 0.6 is 11.6 Å². The van der Waals surface area contributed by atoms with E-state index >= 15 is 0 Å². The van der Waals surface area contributed by atoms with Gasteiger partial charge in [-0.2, -0.15) is 5.10 Å². The lowest BCUT2D eigenvalue weighted by molar-refractivity contribution is 0.0914. The number of para-hydroxylation sites is 1. The highest BCUT2D eigenvalue weighted by atomic mass is 35.5. The van der Waals surface area contributed by atoms with Gasteiger partial charge in [-0.1, -0.05) is 61.0 Å². The Morgan fingerprint density at radius 1 is 1.15 bits per heavy atom. The number of ether oxygens (including phenoxy) is 1.